The van der Waals surface area contributed by atoms with Crippen LogP contribution in [0.25, 0.3) is 0 Å². The van der Waals surface area contributed by atoms with Gasteiger partial charge in [0.05, 0.1) is 11.4 Å². The van der Waals surface area contributed by atoms with Crippen molar-refractivity contribution in [3.05, 3.63) is 88.5 Å². The lowest BCUT2D eigenvalue weighted by Gasteiger charge is -2.29. The molecule has 200 valence electrons. The van der Waals surface area contributed by atoms with E-state index in [4.69, 9.17) is 0 Å². The zero-order valence-electron chi connectivity index (χ0n) is 20.9. The second-order valence-electron chi connectivity index (χ2n) is 9.04. The Kier molecular flexibility index (Phi) is 8.40. The Hall–Kier alpha value is -2.89. The molecule has 3 rings (SSSR count). The molecule has 6 nitrogen and oxygen atoms in total. The molecule has 3 aromatic rings. The van der Waals surface area contributed by atoms with Gasteiger partial charge in [0.25, 0.3) is 0 Å². The number of nitrogens with zero attached hydrogens (tertiary/aromatic N) is 1. The highest BCUT2D eigenvalue weighted by Gasteiger charge is 2.48. The third kappa shape index (κ3) is 7.12. The normalized spacial score (nSPS) is 12.5. The Morgan fingerprint density at radius 1 is 0.757 bits per heavy atom. The molecule has 11 heteroatoms. The fraction of sp³-hybridized carbons (Fsp3) is 0.308. The number of hydrogen-bond donors (Lipinski definition) is 1. The van der Waals surface area contributed by atoms with Crippen LogP contribution in [0.5, 0.6) is 0 Å². The highest BCUT2D eigenvalue weighted by Crippen LogP contribution is 2.39. The summed E-state index contributed by atoms with van der Waals surface area (Å²) < 4.78 is 84.4. The van der Waals surface area contributed by atoms with Crippen molar-refractivity contribution in [3.8, 4) is 0 Å². The average Bonchev–Trinajstić information content (AvgIpc) is 2.76. The maximum Gasteiger partial charge on any atom is 0.512 e. The third-order valence-corrected chi connectivity index (χ3v) is 9.11. The van der Waals surface area contributed by atoms with E-state index in [1.165, 1.54) is 0 Å². The van der Waals surface area contributed by atoms with Gasteiger partial charge in [0, 0.05) is 11.4 Å². The molecule has 0 aliphatic heterocycles. The number of rotatable bonds is 9. The first-order valence-corrected chi connectivity index (χ1v) is 14.6. The van der Waals surface area contributed by atoms with Crippen LogP contribution in [0.1, 0.15) is 34.2 Å². The van der Waals surface area contributed by atoms with Crippen LogP contribution in [-0.2, 0) is 26.5 Å². The van der Waals surface area contributed by atoms with Gasteiger partial charge < -0.3 is 4.90 Å². The van der Waals surface area contributed by atoms with E-state index in [9.17, 15) is 30.0 Å². The van der Waals surface area contributed by atoms with Crippen LogP contribution in [0, 0.1) is 27.7 Å². The van der Waals surface area contributed by atoms with Crippen molar-refractivity contribution >= 4 is 37.1 Å². The first-order valence-electron chi connectivity index (χ1n) is 11.5. The lowest BCUT2D eigenvalue weighted by Crippen LogP contribution is -2.41. The van der Waals surface area contributed by atoms with Crippen LogP contribution in [0.3, 0.4) is 0 Å². The van der Waals surface area contributed by atoms with Gasteiger partial charge in [-0.15, -0.1) is 4.13 Å². The minimum absolute atomic E-state index is 0.0550. The summed E-state index contributed by atoms with van der Waals surface area (Å²) in [6.45, 7) is 7.91. The quantitative estimate of drug-likeness (QED) is 0.346. The molecule has 0 aliphatic rings. The number of aryl methyl sites for hydroxylation is 5. The summed E-state index contributed by atoms with van der Waals surface area (Å²) in [5.41, 5.74) is 2.10. The zero-order chi connectivity index (χ0) is 27.6. The Morgan fingerprint density at radius 2 is 1.19 bits per heavy atom. The van der Waals surface area contributed by atoms with Crippen molar-refractivity contribution in [1.29, 1.82) is 0 Å². The second kappa shape index (κ2) is 10.8. The smallest absolute Gasteiger partial charge is 0.310 e. The highest BCUT2D eigenvalue weighted by atomic mass is 32.3. The van der Waals surface area contributed by atoms with Gasteiger partial charge in [-0.2, -0.15) is 13.2 Å². The van der Waals surface area contributed by atoms with Crippen molar-refractivity contribution < 1.29 is 30.0 Å². The van der Waals surface area contributed by atoms with Crippen molar-refractivity contribution in [2.24, 2.45) is 0 Å². The van der Waals surface area contributed by atoms with Crippen LogP contribution >= 0.6 is 0 Å². The Balaban J connectivity index is 1.86. The monoisotopic (exact) mass is 554 g/mol. The molecule has 3 aromatic carbocycles. The third-order valence-electron chi connectivity index (χ3n) is 5.78. The molecule has 0 amide bonds. The molecule has 0 unspecified atom stereocenters. The summed E-state index contributed by atoms with van der Waals surface area (Å²) in [5, 5.41) is 0. The molecule has 0 saturated heterocycles. The zero-order valence-corrected chi connectivity index (χ0v) is 22.6. The van der Waals surface area contributed by atoms with Gasteiger partial charge in [0.1, 0.15) is 0 Å². The van der Waals surface area contributed by atoms with Crippen LogP contribution in [0.15, 0.2) is 60.7 Å². The van der Waals surface area contributed by atoms with Gasteiger partial charge >= 0.3 is 15.5 Å². The number of sulfonamides is 2. The molecule has 1 N–H and O–H groups in total. The predicted octanol–water partition coefficient (Wildman–Crippen LogP) is 6.09. The Labute approximate surface area is 216 Å². The van der Waals surface area contributed by atoms with E-state index in [-0.39, 0.29) is 12.8 Å². The van der Waals surface area contributed by atoms with E-state index < -0.39 is 31.3 Å². The second-order valence-corrected chi connectivity index (χ2v) is 12.8. The van der Waals surface area contributed by atoms with E-state index in [2.05, 4.69) is 4.90 Å². The first-order chi connectivity index (χ1) is 17.1. The van der Waals surface area contributed by atoms with Gasteiger partial charge in [-0.25, -0.2) is 16.8 Å². The van der Waals surface area contributed by atoms with Crippen molar-refractivity contribution in [3.63, 3.8) is 0 Å². The summed E-state index contributed by atoms with van der Waals surface area (Å²) in [6.07, 6.45) is 0.185. The summed E-state index contributed by atoms with van der Waals surface area (Å²) in [5.74, 6) is -0.763. The lowest BCUT2D eigenvalue weighted by molar-refractivity contribution is -0.0441. The van der Waals surface area contributed by atoms with Gasteiger partial charge in [0.2, 0.25) is 10.0 Å². The number of benzene rings is 3. The number of anilines is 3. The van der Waals surface area contributed by atoms with Crippen molar-refractivity contribution in [2.45, 2.75) is 46.0 Å². The average molecular weight is 555 g/mol. The van der Waals surface area contributed by atoms with Crippen LogP contribution in [0.2, 0.25) is 0 Å². The highest BCUT2D eigenvalue weighted by molar-refractivity contribution is 8.05. The fourth-order valence-electron chi connectivity index (χ4n) is 4.06. The summed E-state index contributed by atoms with van der Waals surface area (Å²) in [7, 11) is -10.7. The van der Waals surface area contributed by atoms with E-state index >= 15 is 0 Å². The lowest BCUT2D eigenvalue weighted by atomic mass is 9.99. The molecule has 0 fully saturated rings. The maximum absolute atomic E-state index is 12.5. The van der Waals surface area contributed by atoms with Gasteiger partial charge in [-0.05, 0) is 81.5 Å². The van der Waals surface area contributed by atoms with Crippen LogP contribution in [-0.4, -0.2) is 28.1 Å². The van der Waals surface area contributed by atoms with Crippen LogP contribution in [0.4, 0.5) is 30.2 Å². The summed E-state index contributed by atoms with van der Waals surface area (Å²) >= 11 is 0. The minimum atomic E-state index is -5.98. The SMILES string of the molecule is Cc1ccc(N(c2ccc(C)cc2)c2c(C)cc(CCCS(=O)(=O)NS(=O)(=O)C(F)(F)F)cc2C)cc1. The topological polar surface area (TPSA) is 83.6 Å². The summed E-state index contributed by atoms with van der Waals surface area (Å²) in [4.78, 5) is 2.14. The molecule has 0 bridgehead atoms. The molecule has 0 saturated carbocycles. The number of hydrogen-bond acceptors (Lipinski definition) is 5. The van der Waals surface area contributed by atoms with E-state index in [0.29, 0.717) is 0 Å². The number of nitrogens with one attached hydrogen (secondary N) is 1. The molecule has 37 heavy (non-hydrogen) atoms. The summed E-state index contributed by atoms with van der Waals surface area (Å²) in [6, 6.07) is 20.1. The van der Waals surface area contributed by atoms with Gasteiger partial charge in [0.15, 0.2) is 0 Å². The number of alkyl halides is 3. The molecular formula is C26H29F3N2O4S2. The molecule has 0 atom stereocenters. The standard InChI is InChI=1S/C26H29F3N2O4S2/c1-18-7-11-23(12-8-18)31(24-13-9-19(2)10-14-24)25-20(3)16-22(17-21(25)4)6-5-15-36(32,33)30-37(34,35)26(27,28)29/h7-14,16-17,30H,5-6,15H2,1-4H3. The van der Waals surface area contributed by atoms with Crippen molar-refractivity contribution in [1.82, 2.24) is 4.13 Å². The maximum atomic E-state index is 12.5. The fourth-order valence-corrected chi connectivity index (χ4v) is 6.63. The predicted molar refractivity (Wildman–Crippen MR) is 140 cm³/mol. The molecule has 0 heterocycles. The molecular weight excluding hydrogens is 525 g/mol. The Morgan fingerprint density at radius 3 is 1.59 bits per heavy atom. The van der Waals surface area contributed by atoms with Crippen LogP contribution < -0.4 is 9.03 Å². The minimum Gasteiger partial charge on any atom is -0.310 e. The van der Waals surface area contributed by atoms with Crippen molar-refractivity contribution in [2.75, 3.05) is 10.7 Å². The van der Waals surface area contributed by atoms with E-state index in [1.807, 2.05) is 88.4 Å². The van der Waals surface area contributed by atoms with Gasteiger partial charge in [-0.3, -0.25) is 0 Å². The molecule has 0 spiro atoms. The van der Waals surface area contributed by atoms with E-state index in [1.54, 1.807) is 0 Å². The van der Waals surface area contributed by atoms with Gasteiger partial charge in [-0.1, -0.05) is 47.5 Å². The largest absolute Gasteiger partial charge is 0.512 e. The molecule has 0 radical (unpaired) electrons. The Bertz CT molecular complexity index is 1400. The number of halogens is 3. The molecule has 0 aliphatic carbocycles. The first kappa shape index (κ1) is 28.7. The molecule has 0 aromatic heterocycles. The van der Waals surface area contributed by atoms with E-state index in [0.717, 1.165) is 49.0 Å².